The fraction of sp³-hybridized carbons (Fsp3) is 0.290. The predicted octanol–water partition coefficient (Wildman–Crippen LogP) is 7.55. The molecule has 4 aromatic rings. The summed E-state index contributed by atoms with van der Waals surface area (Å²) in [5.74, 6) is 1.49. The third-order valence-electron chi connectivity index (χ3n) is 6.77. The number of anilines is 1. The molecule has 5 heteroatoms. The average Bonchev–Trinajstić information content (AvgIpc) is 2.91. The Morgan fingerprint density at radius 1 is 0.833 bits per heavy atom. The summed E-state index contributed by atoms with van der Waals surface area (Å²) in [7, 11) is 0. The van der Waals surface area contributed by atoms with Crippen LogP contribution in [0.3, 0.4) is 0 Å². The molecule has 0 fully saturated rings. The normalized spacial score (nSPS) is 11.3. The van der Waals surface area contributed by atoms with Crippen LogP contribution in [0.1, 0.15) is 51.3 Å². The Bertz CT molecular complexity index is 1300. The maximum absolute atomic E-state index is 12.5. The molecule has 3 aromatic carbocycles. The van der Waals surface area contributed by atoms with Crippen molar-refractivity contribution >= 4 is 22.5 Å². The van der Waals surface area contributed by atoms with Crippen molar-refractivity contribution in [1.29, 1.82) is 0 Å². The van der Waals surface area contributed by atoms with Crippen LogP contribution in [0.2, 0.25) is 0 Å². The number of amides is 1. The number of carbonyl (C=O) groups is 1. The number of fused-ring (bicyclic) bond motifs is 1. The van der Waals surface area contributed by atoms with Gasteiger partial charge in [0.15, 0.2) is 0 Å². The van der Waals surface area contributed by atoms with E-state index >= 15 is 0 Å². The molecule has 0 aliphatic heterocycles. The molecule has 5 nitrogen and oxygen atoms in total. The zero-order valence-corrected chi connectivity index (χ0v) is 21.3. The zero-order chi connectivity index (χ0) is 25.4. The lowest BCUT2D eigenvalue weighted by atomic mass is 9.81. The second-order valence-corrected chi connectivity index (χ2v) is 9.49. The number of benzene rings is 3. The molecule has 0 atom stereocenters. The van der Waals surface area contributed by atoms with Gasteiger partial charge in [0.1, 0.15) is 24.7 Å². The van der Waals surface area contributed by atoms with Crippen molar-refractivity contribution in [3.63, 3.8) is 0 Å². The van der Waals surface area contributed by atoms with Crippen LogP contribution in [-0.4, -0.2) is 10.9 Å². The van der Waals surface area contributed by atoms with Crippen molar-refractivity contribution in [3.05, 3.63) is 96.2 Å². The van der Waals surface area contributed by atoms with Gasteiger partial charge in [-0.2, -0.15) is 0 Å². The van der Waals surface area contributed by atoms with Crippen molar-refractivity contribution in [2.75, 3.05) is 5.32 Å². The zero-order valence-electron chi connectivity index (χ0n) is 21.3. The molecule has 0 radical (unpaired) electrons. The van der Waals surface area contributed by atoms with E-state index in [0.29, 0.717) is 25.4 Å². The van der Waals surface area contributed by atoms with Gasteiger partial charge in [-0.15, -0.1) is 0 Å². The largest absolute Gasteiger partial charge is 0.489 e. The molecular formula is C31H34N2O3. The Balaban J connectivity index is 1.37. The molecule has 4 rings (SSSR count). The van der Waals surface area contributed by atoms with E-state index in [1.165, 1.54) is 0 Å². The molecule has 36 heavy (non-hydrogen) atoms. The lowest BCUT2D eigenvalue weighted by molar-refractivity contribution is -0.118. The van der Waals surface area contributed by atoms with Crippen LogP contribution in [0.4, 0.5) is 5.69 Å². The summed E-state index contributed by atoms with van der Waals surface area (Å²) in [4.78, 5) is 17.3. The van der Waals surface area contributed by atoms with E-state index in [9.17, 15) is 4.79 Å². The molecule has 0 spiro atoms. The van der Waals surface area contributed by atoms with Gasteiger partial charge in [0.05, 0.1) is 11.2 Å². The van der Waals surface area contributed by atoms with Crippen LogP contribution in [0, 0.1) is 5.41 Å². The first-order chi connectivity index (χ1) is 17.5. The second kappa shape index (κ2) is 11.7. The van der Waals surface area contributed by atoms with Gasteiger partial charge in [-0.05, 0) is 41.3 Å². The molecule has 0 unspecified atom stereocenters. The monoisotopic (exact) mass is 482 g/mol. The Kier molecular flexibility index (Phi) is 8.21. The first-order valence-corrected chi connectivity index (χ1v) is 12.6. The van der Waals surface area contributed by atoms with Crippen LogP contribution >= 0.6 is 0 Å². The van der Waals surface area contributed by atoms with Crippen molar-refractivity contribution in [1.82, 2.24) is 4.98 Å². The highest BCUT2D eigenvalue weighted by Gasteiger charge is 2.23. The van der Waals surface area contributed by atoms with Crippen LogP contribution in [0.25, 0.3) is 10.9 Å². The molecule has 0 bridgehead atoms. The van der Waals surface area contributed by atoms with Crippen LogP contribution in [0.5, 0.6) is 11.5 Å². The van der Waals surface area contributed by atoms with Crippen molar-refractivity contribution in [2.24, 2.45) is 5.41 Å². The summed E-state index contributed by atoms with van der Waals surface area (Å²) >= 11 is 0. The van der Waals surface area contributed by atoms with E-state index < -0.39 is 0 Å². The summed E-state index contributed by atoms with van der Waals surface area (Å²) in [6, 6.07) is 27.5. The van der Waals surface area contributed by atoms with Gasteiger partial charge in [0.2, 0.25) is 5.91 Å². The quantitative estimate of drug-likeness (QED) is 0.240. The highest BCUT2D eigenvalue weighted by atomic mass is 16.5. The van der Waals surface area contributed by atoms with Gasteiger partial charge in [0.25, 0.3) is 0 Å². The van der Waals surface area contributed by atoms with Gasteiger partial charge < -0.3 is 14.8 Å². The molecule has 1 aromatic heterocycles. The van der Waals surface area contributed by atoms with E-state index in [0.717, 1.165) is 46.4 Å². The highest BCUT2D eigenvalue weighted by Crippen LogP contribution is 2.30. The predicted molar refractivity (Wildman–Crippen MR) is 145 cm³/mol. The summed E-state index contributed by atoms with van der Waals surface area (Å²) in [6.45, 7) is 7.25. The summed E-state index contributed by atoms with van der Waals surface area (Å²) < 4.78 is 11.9. The average molecular weight is 483 g/mol. The van der Waals surface area contributed by atoms with Gasteiger partial charge in [-0.1, -0.05) is 76.1 Å². The lowest BCUT2D eigenvalue weighted by Gasteiger charge is -2.25. The Labute approximate surface area is 213 Å². The second-order valence-electron chi connectivity index (χ2n) is 9.49. The molecule has 0 saturated heterocycles. The minimum atomic E-state index is 0.0202. The number of nitrogens with one attached hydrogen (secondary N) is 1. The number of hydrogen-bond donors (Lipinski definition) is 1. The topological polar surface area (TPSA) is 60.5 Å². The number of pyridine rings is 1. The number of carbonyl (C=O) groups excluding carboxylic acids is 1. The molecular weight excluding hydrogens is 448 g/mol. The van der Waals surface area contributed by atoms with E-state index in [1.807, 2.05) is 84.9 Å². The van der Waals surface area contributed by atoms with Gasteiger partial charge >= 0.3 is 0 Å². The summed E-state index contributed by atoms with van der Waals surface area (Å²) in [5, 5.41) is 4.05. The third-order valence-corrected chi connectivity index (χ3v) is 6.77. The minimum Gasteiger partial charge on any atom is -0.489 e. The van der Waals surface area contributed by atoms with Gasteiger partial charge in [-0.25, -0.2) is 4.98 Å². The SMILES string of the molecule is CCC(C)(CC)CC(=O)Nc1cccc(OCc2ccc3ccc(OCc4ccccc4)cc3n2)c1. The summed E-state index contributed by atoms with van der Waals surface area (Å²) in [6.07, 6.45) is 2.45. The van der Waals surface area contributed by atoms with E-state index in [4.69, 9.17) is 14.5 Å². The third kappa shape index (κ3) is 6.85. The lowest BCUT2D eigenvalue weighted by Crippen LogP contribution is -2.23. The number of aromatic nitrogens is 1. The highest BCUT2D eigenvalue weighted by molar-refractivity contribution is 5.91. The maximum Gasteiger partial charge on any atom is 0.224 e. The fourth-order valence-corrected chi connectivity index (χ4v) is 3.96. The molecule has 1 N–H and O–H groups in total. The maximum atomic E-state index is 12.5. The van der Waals surface area contributed by atoms with Crippen LogP contribution in [0.15, 0.2) is 84.9 Å². The first kappa shape index (κ1) is 25.2. The number of rotatable bonds is 11. The molecule has 0 aliphatic carbocycles. The van der Waals surface area contributed by atoms with Crippen molar-refractivity contribution in [3.8, 4) is 11.5 Å². The summed E-state index contributed by atoms with van der Waals surface area (Å²) in [5.41, 5.74) is 3.55. The van der Waals surface area contributed by atoms with E-state index in [-0.39, 0.29) is 11.3 Å². The smallest absolute Gasteiger partial charge is 0.224 e. The van der Waals surface area contributed by atoms with Crippen molar-refractivity contribution in [2.45, 2.75) is 53.2 Å². The van der Waals surface area contributed by atoms with Gasteiger partial charge in [0, 0.05) is 29.6 Å². The standard InChI is InChI=1S/C31H34N2O3/c1-4-31(3,5-2)20-30(34)33-25-12-9-13-27(18-25)36-22-26-16-14-24-15-17-28(19-29(24)32-26)35-21-23-10-7-6-8-11-23/h6-19H,4-5,20-22H2,1-3H3,(H,33,34). The molecule has 1 amide bonds. The number of nitrogens with zero attached hydrogens (tertiary/aromatic N) is 1. The fourth-order valence-electron chi connectivity index (χ4n) is 3.96. The molecule has 186 valence electrons. The molecule has 1 heterocycles. The van der Waals surface area contributed by atoms with Gasteiger partial charge in [-0.3, -0.25) is 4.79 Å². The van der Waals surface area contributed by atoms with E-state index in [2.05, 4.69) is 26.1 Å². The minimum absolute atomic E-state index is 0.0202. The molecule has 0 aliphatic rings. The Morgan fingerprint density at radius 3 is 2.33 bits per heavy atom. The Morgan fingerprint density at radius 2 is 1.56 bits per heavy atom. The first-order valence-electron chi connectivity index (χ1n) is 12.6. The number of ether oxygens (including phenoxy) is 2. The Hall–Kier alpha value is -3.86. The van der Waals surface area contributed by atoms with E-state index in [1.54, 1.807) is 0 Å². The number of hydrogen-bond acceptors (Lipinski definition) is 4. The van der Waals surface area contributed by atoms with Crippen LogP contribution in [-0.2, 0) is 18.0 Å². The van der Waals surface area contributed by atoms with Crippen molar-refractivity contribution < 1.29 is 14.3 Å². The molecule has 0 saturated carbocycles. The van der Waals surface area contributed by atoms with Crippen LogP contribution < -0.4 is 14.8 Å².